The summed E-state index contributed by atoms with van der Waals surface area (Å²) < 4.78 is 26.1. The molecule has 25 heavy (non-hydrogen) atoms. The van der Waals surface area contributed by atoms with Gasteiger partial charge in [-0.05, 0) is 36.2 Å². The molecule has 0 atom stereocenters. The van der Waals surface area contributed by atoms with Crippen molar-refractivity contribution in [2.45, 2.75) is 18.2 Å². The number of benzene rings is 2. The Hall–Kier alpha value is -1.60. The maximum Gasteiger partial charge on any atom is 0.243 e. The van der Waals surface area contributed by atoms with Gasteiger partial charge >= 0.3 is 0 Å². The van der Waals surface area contributed by atoms with Crippen LogP contribution < -0.4 is 5.32 Å². The van der Waals surface area contributed by atoms with Gasteiger partial charge in [-0.3, -0.25) is 4.79 Å². The van der Waals surface area contributed by atoms with Gasteiger partial charge in [-0.15, -0.1) is 0 Å². The quantitative estimate of drug-likeness (QED) is 0.801. The lowest BCUT2D eigenvalue weighted by Crippen LogP contribution is -2.35. The van der Waals surface area contributed by atoms with E-state index in [1.54, 1.807) is 30.3 Å². The smallest absolute Gasteiger partial charge is 0.243 e. The van der Waals surface area contributed by atoms with Gasteiger partial charge in [0.25, 0.3) is 0 Å². The molecule has 0 heterocycles. The predicted molar refractivity (Wildman–Crippen MR) is 101 cm³/mol. The van der Waals surface area contributed by atoms with E-state index in [1.807, 2.05) is 6.92 Å². The number of carbonyl (C=O) groups is 1. The third-order valence-corrected chi connectivity index (χ3v) is 6.08. The Morgan fingerprint density at radius 2 is 1.64 bits per heavy atom. The van der Waals surface area contributed by atoms with Crippen molar-refractivity contribution in [3.05, 3.63) is 58.1 Å². The number of hydrogen-bond donors (Lipinski definition) is 1. The molecule has 2 aromatic carbocycles. The van der Waals surface area contributed by atoms with E-state index in [9.17, 15) is 13.2 Å². The number of sulfonamides is 1. The summed E-state index contributed by atoms with van der Waals surface area (Å²) in [4.78, 5) is 12.3. The molecule has 0 aromatic heterocycles. The van der Waals surface area contributed by atoms with Crippen molar-refractivity contribution in [2.24, 2.45) is 0 Å². The largest absolute Gasteiger partial charge is 0.322 e. The zero-order valence-corrected chi connectivity index (χ0v) is 16.1. The summed E-state index contributed by atoms with van der Waals surface area (Å²) in [6, 6.07) is 11.4. The van der Waals surface area contributed by atoms with Crippen molar-refractivity contribution in [1.29, 1.82) is 0 Å². The average Bonchev–Trinajstić information content (AvgIpc) is 2.58. The zero-order valence-electron chi connectivity index (χ0n) is 13.8. The minimum atomic E-state index is -3.77. The van der Waals surface area contributed by atoms with Crippen LogP contribution >= 0.6 is 23.2 Å². The molecule has 2 aromatic rings. The highest BCUT2D eigenvalue weighted by Crippen LogP contribution is 2.29. The van der Waals surface area contributed by atoms with Crippen LogP contribution in [-0.4, -0.2) is 32.2 Å². The van der Waals surface area contributed by atoms with E-state index in [-0.39, 0.29) is 27.2 Å². The highest BCUT2D eigenvalue weighted by atomic mass is 35.5. The van der Waals surface area contributed by atoms with Gasteiger partial charge in [0, 0.05) is 7.05 Å². The van der Waals surface area contributed by atoms with E-state index in [1.165, 1.54) is 19.2 Å². The molecule has 0 fully saturated rings. The maximum atomic E-state index is 12.5. The number of anilines is 1. The molecular weight excluding hydrogens is 383 g/mol. The summed E-state index contributed by atoms with van der Waals surface area (Å²) in [7, 11) is -2.42. The first-order valence-corrected chi connectivity index (χ1v) is 9.74. The molecule has 0 aliphatic rings. The Morgan fingerprint density at radius 1 is 1.08 bits per heavy atom. The second-order valence-electron chi connectivity index (χ2n) is 5.40. The standard InChI is InChI=1S/C17H18Cl2N2O3S/c1-3-12-7-9-13(10-8-12)25(23,24)21(2)11-16(22)20-17-14(18)5-4-6-15(17)19/h4-10H,3,11H2,1-2H3,(H,20,22). The Kier molecular flexibility index (Phi) is 6.46. The van der Waals surface area contributed by atoms with Gasteiger partial charge in [-0.2, -0.15) is 4.31 Å². The fourth-order valence-corrected chi connectivity index (χ4v) is 3.78. The summed E-state index contributed by atoms with van der Waals surface area (Å²) in [5.74, 6) is -0.536. The molecule has 0 aliphatic heterocycles. The number of para-hydroxylation sites is 1. The monoisotopic (exact) mass is 400 g/mol. The second-order valence-corrected chi connectivity index (χ2v) is 8.26. The van der Waals surface area contributed by atoms with E-state index in [0.717, 1.165) is 16.3 Å². The van der Waals surface area contributed by atoms with Crippen LogP contribution in [0.2, 0.25) is 10.0 Å². The van der Waals surface area contributed by atoms with E-state index in [0.29, 0.717) is 0 Å². The van der Waals surface area contributed by atoms with E-state index in [2.05, 4.69) is 5.32 Å². The number of likely N-dealkylation sites (N-methyl/N-ethyl adjacent to an activating group) is 1. The van der Waals surface area contributed by atoms with Crippen molar-refractivity contribution in [1.82, 2.24) is 4.31 Å². The predicted octanol–water partition coefficient (Wildman–Crippen LogP) is 3.82. The molecule has 0 radical (unpaired) electrons. The third kappa shape index (κ3) is 4.73. The Bertz CT molecular complexity index is 848. The fourth-order valence-electron chi connectivity index (χ4n) is 2.16. The van der Waals surface area contributed by atoms with Gasteiger partial charge in [0.05, 0.1) is 27.2 Å². The number of amides is 1. The van der Waals surface area contributed by atoms with Crippen LogP contribution in [0, 0.1) is 0 Å². The number of nitrogens with zero attached hydrogens (tertiary/aromatic N) is 1. The SMILES string of the molecule is CCc1ccc(S(=O)(=O)N(C)CC(=O)Nc2c(Cl)cccc2Cl)cc1. The molecular formula is C17H18Cl2N2O3S. The maximum absolute atomic E-state index is 12.5. The molecule has 1 amide bonds. The van der Waals surface area contributed by atoms with Gasteiger partial charge in [0.1, 0.15) is 0 Å². The van der Waals surface area contributed by atoms with E-state index < -0.39 is 15.9 Å². The lowest BCUT2D eigenvalue weighted by molar-refractivity contribution is -0.116. The third-order valence-electron chi connectivity index (χ3n) is 3.63. The molecule has 2 rings (SSSR count). The average molecular weight is 401 g/mol. The van der Waals surface area contributed by atoms with Gasteiger partial charge in [-0.1, -0.05) is 48.3 Å². The van der Waals surface area contributed by atoms with Crippen LogP contribution in [0.3, 0.4) is 0 Å². The topological polar surface area (TPSA) is 66.5 Å². The first-order chi connectivity index (χ1) is 11.8. The Morgan fingerprint density at radius 3 is 2.16 bits per heavy atom. The number of halogens is 2. The minimum absolute atomic E-state index is 0.135. The van der Waals surface area contributed by atoms with Crippen molar-refractivity contribution < 1.29 is 13.2 Å². The second kappa shape index (κ2) is 8.19. The molecule has 0 saturated carbocycles. The molecule has 0 unspecified atom stereocenters. The highest BCUT2D eigenvalue weighted by molar-refractivity contribution is 7.89. The zero-order chi connectivity index (χ0) is 18.6. The van der Waals surface area contributed by atoms with E-state index in [4.69, 9.17) is 23.2 Å². The summed E-state index contributed by atoms with van der Waals surface area (Å²) in [6.07, 6.45) is 0.817. The molecule has 134 valence electrons. The van der Waals surface area contributed by atoms with Gasteiger partial charge in [0.15, 0.2) is 0 Å². The number of aryl methyl sites for hydroxylation is 1. The number of rotatable bonds is 6. The number of nitrogens with one attached hydrogen (secondary N) is 1. The van der Waals surface area contributed by atoms with Crippen molar-refractivity contribution in [2.75, 3.05) is 18.9 Å². The van der Waals surface area contributed by atoms with Gasteiger partial charge in [0.2, 0.25) is 15.9 Å². The lowest BCUT2D eigenvalue weighted by Gasteiger charge is -2.17. The Labute approximate surface area is 157 Å². The number of hydrogen-bond acceptors (Lipinski definition) is 3. The summed E-state index contributed by atoms with van der Waals surface area (Å²) in [5.41, 5.74) is 1.29. The molecule has 0 aliphatic carbocycles. The molecule has 5 nitrogen and oxygen atoms in total. The summed E-state index contributed by atoms with van der Waals surface area (Å²) in [6.45, 7) is 1.62. The molecule has 1 N–H and O–H groups in total. The normalized spacial score (nSPS) is 11.6. The number of carbonyl (C=O) groups excluding carboxylic acids is 1. The highest BCUT2D eigenvalue weighted by Gasteiger charge is 2.23. The van der Waals surface area contributed by atoms with Crippen LogP contribution in [-0.2, 0) is 21.2 Å². The van der Waals surface area contributed by atoms with Crippen LogP contribution in [0.15, 0.2) is 47.4 Å². The van der Waals surface area contributed by atoms with Crippen molar-refractivity contribution >= 4 is 44.8 Å². The van der Waals surface area contributed by atoms with E-state index >= 15 is 0 Å². The summed E-state index contributed by atoms with van der Waals surface area (Å²) >= 11 is 12.0. The molecule has 0 saturated heterocycles. The first-order valence-electron chi connectivity index (χ1n) is 7.55. The summed E-state index contributed by atoms with van der Waals surface area (Å²) in [5, 5.41) is 3.10. The Balaban J connectivity index is 2.11. The first kappa shape index (κ1) is 19.7. The van der Waals surface area contributed by atoms with Gasteiger partial charge < -0.3 is 5.32 Å². The molecule has 0 spiro atoms. The molecule has 8 heteroatoms. The van der Waals surface area contributed by atoms with Crippen LogP contribution in [0.25, 0.3) is 0 Å². The molecule has 0 bridgehead atoms. The van der Waals surface area contributed by atoms with Crippen molar-refractivity contribution in [3.63, 3.8) is 0 Å². The van der Waals surface area contributed by atoms with Crippen LogP contribution in [0.1, 0.15) is 12.5 Å². The lowest BCUT2D eigenvalue weighted by atomic mass is 10.2. The fraction of sp³-hybridized carbons (Fsp3) is 0.235. The van der Waals surface area contributed by atoms with Gasteiger partial charge in [-0.25, -0.2) is 8.42 Å². The van der Waals surface area contributed by atoms with Crippen LogP contribution in [0.4, 0.5) is 5.69 Å². The van der Waals surface area contributed by atoms with Crippen molar-refractivity contribution in [3.8, 4) is 0 Å². The van der Waals surface area contributed by atoms with Crippen LogP contribution in [0.5, 0.6) is 0 Å². The minimum Gasteiger partial charge on any atom is -0.322 e.